The van der Waals surface area contributed by atoms with Crippen LogP contribution in [-0.4, -0.2) is 24.2 Å². The monoisotopic (exact) mass is 220 g/mol. The van der Waals surface area contributed by atoms with Crippen molar-refractivity contribution in [2.24, 2.45) is 0 Å². The van der Waals surface area contributed by atoms with Crippen LogP contribution in [0.4, 0.5) is 0 Å². The van der Waals surface area contributed by atoms with Gasteiger partial charge in [-0.15, -0.1) is 9.94 Å². The quantitative estimate of drug-likeness (QED) is 0.787. The molecule has 1 heterocycles. The summed E-state index contributed by atoms with van der Waals surface area (Å²) >= 11 is 0. The van der Waals surface area contributed by atoms with Gasteiger partial charge in [0.1, 0.15) is 5.75 Å². The smallest absolute Gasteiger partial charge is 0.199 e. The van der Waals surface area contributed by atoms with Crippen molar-refractivity contribution in [1.82, 2.24) is 9.94 Å². The van der Waals surface area contributed by atoms with E-state index < -0.39 is 0 Å². The van der Waals surface area contributed by atoms with E-state index in [1.807, 2.05) is 0 Å². The predicted octanol–water partition coefficient (Wildman–Crippen LogP) is 1.74. The van der Waals surface area contributed by atoms with Crippen LogP contribution >= 0.6 is 0 Å². The maximum absolute atomic E-state index is 5.46. The summed E-state index contributed by atoms with van der Waals surface area (Å²) in [6.07, 6.45) is 3.33. The molecule has 2 rings (SSSR count). The SMILES string of the molecule is COc1ccc(On2cccn2)c(OC)c1. The summed E-state index contributed by atoms with van der Waals surface area (Å²) in [7, 11) is 3.17. The Hall–Kier alpha value is -2.17. The molecule has 0 aliphatic heterocycles. The standard InChI is InChI=1S/C11H12N2O3/c1-14-9-4-5-10(11(8-9)15-2)16-13-7-3-6-12-13/h3-8H,1-2H3. The molecule has 1 aromatic heterocycles. The summed E-state index contributed by atoms with van der Waals surface area (Å²) in [4.78, 5) is 6.82. The molecule has 0 atom stereocenters. The van der Waals surface area contributed by atoms with Crippen LogP contribution in [0, 0.1) is 0 Å². The maximum atomic E-state index is 5.46. The van der Waals surface area contributed by atoms with Crippen molar-refractivity contribution in [3.05, 3.63) is 36.7 Å². The molecule has 0 fully saturated rings. The number of hydrogen-bond acceptors (Lipinski definition) is 4. The van der Waals surface area contributed by atoms with Crippen LogP contribution < -0.4 is 14.3 Å². The zero-order chi connectivity index (χ0) is 11.4. The first kappa shape index (κ1) is 10.4. The first-order valence-corrected chi connectivity index (χ1v) is 4.73. The Labute approximate surface area is 93.1 Å². The Morgan fingerprint density at radius 3 is 2.62 bits per heavy atom. The van der Waals surface area contributed by atoms with Crippen LogP contribution in [0.5, 0.6) is 17.2 Å². The number of hydrogen-bond donors (Lipinski definition) is 0. The summed E-state index contributed by atoms with van der Waals surface area (Å²) in [6.45, 7) is 0. The van der Waals surface area contributed by atoms with Crippen LogP contribution in [0.25, 0.3) is 0 Å². The largest absolute Gasteiger partial charge is 0.497 e. The lowest BCUT2D eigenvalue weighted by atomic mass is 10.3. The Balaban J connectivity index is 2.26. The van der Waals surface area contributed by atoms with Gasteiger partial charge >= 0.3 is 0 Å². The van der Waals surface area contributed by atoms with E-state index in [-0.39, 0.29) is 0 Å². The van der Waals surface area contributed by atoms with Gasteiger partial charge in [-0.25, -0.2) is 0 Å². The van der Waals surface area contributed by atoms with Crippen molar-refractivity contribution >= 4 is 0 Å². The van der Waals surface area contributed by atoms with Crippen molar-refractivity contribution in [2.45, 2.75) is 0 Å². The number of ether oxygens (including phenoxy) is 2. The van der Waals surface area contributed by atoms with E-state index in [1.165, 1.54) is 4.85 Å². The van der Waals surface area contributed by atoms with Crippen molar-refractivity contribution < 1.29 is 14.3 Å². The highest BCUT2D eigenvalue weighted by atomic mass is 16.7. The number of aromatic nitrogens is 2. The minimum atomic E-state index is 0.576. The molecule has 0 saturated carbocycles. The third-order valence-corrected chi connectivity index (χ3v) is 2.04. The molecule has 1 aromatic carbocycles. The maximum Gasteiger partial charge on any atom is 0.199 e. The van der Waals surface area contributed by atoms with Crippen LogP contribution in [-0.2, 0) is 0 Å². The first-order chi connectivity index (χ1) is 7.83. The Morgan fingerprint density at radius 2 is 2.00 bits per heavy atom. The van der Waals surface area contributed by atoms with Crippen molar-refractivity contribution in [3.63, 3.8) is 0 Å². The van der Waals surface area contributed by atoms with Crippen molar-refractivity contribution in [3.8, 4) is 17.2 Å². The molecule has 2 aromatic rings. The average Bonchev–Trinajstić information content (AvgIpc) is 2.82. The molecule has 0 N–H and O–H groups in total. The van der Waals surface area contributed by atoms with Crippen LogP contribution in [0.15, 0.2) is 36.7 Å². The lowest BCUT2D eigenvalue weighted by molar-refractivity contribution is 0.170. The summed E-state index contributed by atoms with van der Waals surface area (Å²) in [5, 5.41) is 3.94. The second-order valence-electron chi connectivity index (χ2n) is 3.02. The molecule has 0 unspecified atom stereocenters. The Kier molecular flexibility index (Phi) is 2.95. The number of methoxy groups -OCH3 is 2. The van der Waals surface area contributed by atoms with Gasteiger partial charge in [0, 0.05) is 6.07 Å². The van der Waals surface area contributed by atoms with Crippen LogP contribution in [0.2, 0.25) is 0 Å². The molecule has 0 aliphatic rings. The highest BCUT2D eigenvalue weighted by Gasteiger charge is 2.07. The van der Waals surface area contributed by atoms with Crippen molar-refractivity contribution in [2.75, 3.05) is 14.2 Å². The molecule has 0 amide bonds. The van der Waals surface area contributed by atoms with Gasteiger partial charge in [-0.05, 0) is 18.2 Å². The van der Waals surface area contributed by atoms with E-state index >= 15 is 0 Å². The molecular weight excluding hydrogens is 208 g/mol. The lowest BCUT2D eigenvalue weighted by Gasteiger charge is -2.10. The van der Waals surface area contributed by atoms with E-state index in [0.717, 1.165) is 0 Å². The van der Waals surface area contributed by atoms with Gasteiger partial charge in [0.15, 0.2) is 11.5 Å². The fourth-order valence-corrected chi connectivity index (χ4v) is 1.26. The van der Waals surface area contributed by atoms with Gasteiger partial charge in [0.25, 0.3) is 0 Å². The van der Waals surface area contributed by atoms with E-state index in [9.17, 15) is 0 Å². The minimum absolute atomic E-state index is 0.576. The third-order valence-electron chi connectivity index (χ3n) is 2.04. The van der Waals surface area contributed by atoms with E-state index in [2.05, 4.69) is 5.10 Å². The average molecular weight is 220 g/mol. The summed E-state index contributed by atoms with van der Waals surface area (Å²) in [6, 6.07) is 7.08. The number of rotatable bonds is 4. The molecule has 5 nitrogen and oxygen atoms in total. The molecule has 5 heteroatoms. The summed E-state index contributed by atoms with van der Waals surface area (Å²) in [5.74, 6) is 1.88. The normalized spacial score (nSPS) is 9.88. The predicted molar refractivity (Wildman–Crippen MR) is 57.8 cm³/mol. The zero-order valence-electron chi connectivity index (χ0n) is 9.08. The van der Waals surface area contributed by atoms with Gasteiger partial charge in [0.05, 0.1) is 26.6 Å². The van der Waals surface area contributed by atoms with E-state index in [0.29, 0.717) is 17.2 Å². The Morgan fingerprint density at radius 1 is 1.12 bits per heavy atom. The lowest BCUT2D eigenvalue weighted by Crippen LogP contribution is -2.06. The molecule has 0 aliphatic carbocycles. The number of nitrogens with zero attached hydrogens (tertiary/aromatic N) is 2. The highest BCUT2D eigenvalue weighted by Crippen LogP contribution is 2.31. The molecule has 84 valence electrons. The third kappa shape index (κ3) is 2.08. The van der Waals surface area contributed by atoms with Gasteiger partial charge < -0.3 is 14.3 Å². The first-order valence-electron chi connectivity index (χ1n) is 4.73. The highest BCUT2D eigenvalue weighted by molar-refractivity contribution is 5.45. The molecule has 0 spiro atoms. The second-order valence-corrected chi connectivity index (χ2v) is 3.02. The van der Waals surface area contributed by atoms with Crippen molar-refractivity contribution in [1.29, 1.82) is 0 Å². The van der Waals surface area contributed by atoms with E-state index in [1.54, 1.807) is 50.9 Å². The fraction of sp³-hybridized carbons (Fsp3) is 0.182. The molecular formula is C11H12N2O3. The molecule has 0 radical (unpaired) electrons. The second kappa shape index (κ2) is 4.57. The molecule has 0 bridgehead atoms. The molecule has 16 heavy (non-hydrogen) atoms. The van der Waals surface area contributed by atoms with Crippen LogP contribution in [0.1, 0.15) is 0 Å². The minimum Gasteiger partial charge on any atom is -0.497 e. The van der Waals surface area contributed by atoms with Gasteiger partial charge in [0.2, 0.25) is 0 Å². The summed E-state index contributed by atoms with van der Waals surface area (Å²) < 4.78 is 10.3. The zero-order valence-corrected chi connectivity index (χ0v) is 9.08. The van der Waals surface area contributed by atoms with Crippen LogP contribution in [0.3, 0.4) is 0 Å². The topological polar surface area (TPSA) is 45.5 Å². The number of benzene rings is 1. The fourth-order valence-electron chi connectivity index (χ4n) is 1.26. The summed E-state index contributed by atoms with van der Waals surface area (Å²) in [5.41, 5.74) is 0. The van der Waals surface area contributed by atoms with Gasteiger partial charge in [-0.2, -0.15) is 0 Å². The van der Waals surface area contributed by atoms with Gasteiger partial charge in [-0.1, -0.05) is 0 Å². The Bertz CT molecular complexity index is 454. The van der Waals surface area contributed by atoms with E-state index in [4.69, 9.17) is 14.3 Å². The molecule has 0 saturated heterocycles. The van der Waals surface area contributed by atoms with Gasteiger partial charge in [-0.3, -0.25) is 0 Å².